The molecular weight excluding hydrogens is 276 g/mol. The fourth-order valence-corrected chi connectivity index (χ4v) is 3.22. The smallest absolute Gasteiger partial charge is 0.303 e. The fraction of sp³-hybridized carbons (Fsp3) is 0.714. The second kappa shape index (κ2) is 7.59. The summed E-state index contributed by atoms with van der Waals surface area (Å²) in [5.74, 6) is -0.773. The second-order valence-corrected chi connectivity index (χ2v) is 5.93. The average molecular weight is 298 g/mol. The van der Waals surface area contributed by atoms with E-state index in [-0.39, 0.29) is 6.42 Å². The van der Waals surface area contributed by atoms with Gasteiger partial charge in [-0.1, -0.05) is 6.92 Å². The quantitative estimate of drug-likeness (QED) is 0.838. The molecule has 1 unspecified atom stereocenters. The third-order valence-electron chi connectivity index (χ3n) is 3.34. The summed E-state index contributed by atoms with van der Waals surface area (Å²) in [7, 11) is 0. The van der Waals surface area contributed by atoms with Crippen molar-refractivity contribution in [3.63, 3.8) is 0 Å². The van der Waals surface area contributed by atoms with Crippen molar-refractivity contribution in [2.45, 2.75) is 45.1 Å². The minimum Gasteiger partial charge on any atom is -0.481 e. The number of aliphatic carboxylic acids is 1. The maximum atomic E-state index is 10.6. The highest BCUT2D eigenvalue weighted by Crippen LogP contribution is 2.25. The number of aromatic nitrogens is 1. The molecule has 0 bridgehead atoms. The van der Waals surface area contributed by atoms with Crippen LogP contribution in [0.5, 0.6) is 0 Å². The van der Waals surface area contributed by atoms with E-state index in [1.165, 1.54) is 0 Å². The van der Waals surface area contributed by atoms with E-state index in [0.717, 1.165) is 49.8 Å². The highest BCUT2D eigenvalue weighted by molar-refractivity contribution is 7.13. The summed E-state index contributed by atoms with van der Waals surface area (Å²) in [6, 6.07) is 0. The molecule has 1 aliphatic rings. The molecule has 112 valence electrons. The van der Waals surface area contributed by atoms with E-state index in [1.54, 1.807) is 11.3 Å². The van der Waals surface area contributed by atoms with Crippen LogP contribution in [0.4, 0.5) is 5.13 Å². The number of hydrogen-bond donors (Lipinski definition) is 1. The van der Waals surface area contributed by atoms with E-state index < -0.39 is 5.97 Å². The molecule has 2 heterocycles. The average Bonchev–Trinajstić information content (AvgIpc) is 2.92. The highest BCUT2D eigenvalue weighted by Gasteiger charge is 2.22. The van der Waals surface area contributed by atoms with Crippen LogP contribution in [0.3, 0.4) is 0 Å². The Bertz CT molecular complexity index is 436. The third kappa shape index (κ3) is 4.45. The summed E-state index contributed by atoms with van der Waals surface area (Å²) in [6.07, 6.45) is 4.25. The van der Waals surface area contributed by atoms with E-state index in [2.05, 4.69) is 16.8 Å². The normalized spacial score (nSPS) is 19.2. The van der Waals surface area contributed by atoms with Crippen LogP contribution >= 0.6 is 11.3 Å². The van der Waals surface area contributed by atoms with Gasteiger partial charge in [0.1, 0.15) is 0 Å². The lowest BCUT2D eigenvalue weighted by atomic mass is 10.1. The Balaban J connectivity index is 1.88. The van der Waals surface area contributed by atoms with Crippen LogP contribution in [0.15, 0.2) is 5.38 Å². The van der Waals surface area contributed by atoms with Gasteiger partial charge in [-0.25, -0.2) is 4.98 Å². The first-order chi connectivity index (χ1) is 9.69. The monoisotopic (exact) mass is 298 g/mol. The van der Waals surface area contributed by atoms with Gasteiger partial charge in [0.15, 0.2) is 5.13 Å². The molecule has 1 atom stereocenters. The molecule has 1 saturated heterocycles. The molecule has 6 heteroatoms. The molecule has 5 nitrogen and oxygen atoms in total. The zero-order valence-electron chi connectivity index (χ0n) is 11.9. The van der Waals surface area contributed by atoms with E-state index in [9.17, 15) is 4.79 Å². The van der Waals surface area contributed by atoms with Gasteiger partial charge in [0.25, 0.3) is 0 Å². The summed E-state index contributed by atoms with van der Waals surface area (Å²) < 4.78 is 5.83. The summed E-state index contributed by atoms with van der Waals surface area (Å²) in [6.45, 7) is 4.85. The third-order valence-corrected chi connectivity index (χ3v) is 4.29. The topological polar surface area (TPSA) is 62.7 Å². The number of carboxylic acids is 1. The predicted octanol–water partition coefficient (Wildman–Crippen LogP) is 2.56. The number of ether oxygens (including phenoxy) is 1. The van der Waals surface area contributed by atoms with E-state index in [0.29, 0.717) is 12.5 Å². The molecule has 1 N–H and O–H groups in total. The Morgan fingerprint density at radius 3 is 3.25 bits per heavy atom. The minimum absolute atomic E-state index is 0.144. The van der Waals surface area contributed by atoms with Crippen LogP contribution in [0.25, 0.3) is 0 Å². The van der Waals surface area contributed by atoms with Gasteiger partial charge in [0.2, 0.25) is 0 Å². The maximum absolute atomic E-state index is 10.6. The van der Waals surface area contributed by atoms with Crippen LogP contribution in [0.2, 0.25) is 0 Å². The van der Waals surface area contributed by atoms with Crippen LogP contribution in [-0.4, -0.2) is 41.9 Å². The number of nitrogens with zero attached hydrogens (tertiary/aromatic N) is 2. The van der Waals surface area contributed by atoms with Crippen molar-refractivity contribution in [2.24, 2.45) is 0 Å². The van der Waals surface area contributed by atoms with Gasteiger partial charge in [0, 0.05) is 31.5 Å². The Labute approximate surface area is 123 Å². The van der Waals surface area contributed by atoms with Gasteiger partial charge in [-0.3, -0.25) is 4.79 Å². The van der Waals surface area contributed by atoms with Crippen LogP contribution in [0.1, 0.15) is 38.3 Å². The summed E-state index contributed by atoms with van der Waals surface area (Å²) in [4.78, 5) is 17.4. The number of carbonyl (C=O) groups is 1. The molecular formula is C14H22N2O3S. The number of carboxylic acid groups (broad SMARTS) is 1. The Hall–Kier alpha value is -1.14. The second-order valence-electron chi connectivity index (χ2n) is 5.10. The number of rotatable bonds is 7. The lowest BCUT2D eigenvalue weighted by molar-refractivity contribution is -0.136. The standard InChI is InChI=1S/C14H22N2O3S/c1-2-8-19-12-4-3-7-16(9-12)14-15-11(10-20-14)5-6-13(17)18/h10,12H,2-9H2,1H3,(H,17,18). The highest BCUT2D eigenvalue weighted by atomic mass is 32.1. The predicted molar refractivity (Wildman–Crippen MR) is 79.5 cm³/mol. The molecule has 0 aliphatic carbocycles. The van der Waals surface area contributed by atoms with Crippen molar-refractivity contribution in [1.29, 1.82) is 0 Å². The summed E-state index contributed by atoms with van der Waals surface area (Å²) in [5.41, 5.74) is 0.879. The molecule has 2 rings (SSSR count). The van der Waals surface area contributed by atoms with Gasteiger partial charge in [0.05, 0.1) is 18.2 Å². The Morgan fingerprint density at radius 2 is 2.50 bits per heavy atom. The molecule has 0 saturated carbocycles. The van der Waals surface area contributed by atoms with Gasteiger partial charge in [-0.2, -0.15) is 0 Å². The van der Waals surface area contributed by atoms with E-state index >= 15 is 0 Å². The summed E-state index contributed by atoms with van der Waals surface area (Å²) >= 11 is 1.60. The van der Waals surface area contributed by atoms with Crippen molar-refractivity contribution in [1.82, 2.24) is 4.98 Å². The molecule has 0 amide bonds. The maximum Gasteiger partial charge on any atom is 0.303 e. The van der Waals surface area contributed by atoms with Gasteiger partial charge in [-0.15, -0.1) is 11.3 Å². The molecule has 1 aromatic rings. The zero-order valence-corrected chi connectivity index (χ0v) is 12.7. The number of hydrogen-bond acceptors (Lipinski definition) is 5. The number of piperidine rings is 1. The molecule has 0 aromatic carbocycles. The van der Waals surface area contributed by atoms with Crippen molar-refractivity contribution in [3.8, 4) is 0 Å². The largest absolute Gasteiger partial charge is 0.481 e. The van der Waals surface area contributed by atoms with Gasteiger partial charge in [-0.05, 0) is 19.3 Å². The van der Waals surface area contributed by atoms with Crippen molar-refractivity contribution < 1.29 is 14.6 Å². The molecule has 1 aliphatic heterocycles. The lowest BCUT2D eigenvalue weighted by Gasteiger charge is -2.32. The van der Waals surface area contributed by atoms with Crippen molar-refractivity contribution in [2.75, 3.05) is 24.6 Å². The van der Waals surface area contributed by atoms with Gasteiger partial charge >= 0.3 is 5.97 Å². The van der Waals surface area contributed by atoms with Crippen LogP contribution in [0, 0.1) is 0 Å². The molecule has 1 fully saturated rings. The van der Waals surface area contributed by atoms with E-state index in [4.69, 9.17) is 9.84 Å². The SMILES string of the molecule is CCCOC1CCCN(c2nc(CCC(=O)O)cs2)C1. The molecule has 1 aromatic heterocycles. The Kier molecular flexibility index (Phi) is 5.79. The number of thiazole rings is 1. The van der Waals surface area contributed by atoms with Gasteiger partial charge < -0.3 is 14.7 Å². The van der Waals surface area contributed by atoms with Crippen LogP contribution in [-0.2, 0) is 16.0 Å². The Morgan fingerprint density at radius 1 is 1.65 bits per heavy atom. The molecule has 0 radical (unpaired) electrons. The van der Waals surface area contributed by atoms with Crippen LogP contribution < -0.4 is 4.90 Å². The zero-order chi connectivity index (χ0) is 14.4. The fourth-order valence-electron chi connectivity index (χ4n) is 2.32. The lowest BCUT2D eigenvalue weighted by Crippen LogP contribution is -2.39. The number of anilines is 1. The first-order valence-electron chi connectivity index (χ1n) is 7.21. The van der Waals surface area contributed by atoms with E-state index in [1.807, 2.05) is 5.38 Å². The summed E-state index contributed by atoms with van der Waals surface area (Å²) in [5, 5.41) is 11.7. The molecule has 0 spiro atoms. The first kappa shape index (κ1) is 15.3. The van der Waals surface area contributed by atoms with Crippen molar-refractivity contribution in [3.05, 3.63) is 11.1 Å². The first-order valence-corrected chi connectivity index (χ1v) is 8.09. The molecule has 20 heavy (non-hydrogen) atoms. The van der Waals surface area contributed by atoms with Crippen molar-refractivity contribution >= 4 is 22.4 Å². The number of aryl methyl sites for hydroxylation is 1. The minimum atomic E-state index is -0.773.